The first-order valence-corrected chi connectivity index (χ1v) is 11.0. The zero-order valence-corrected chi connectivity index (χ0v) is 21.5. The van der Waals surface area contributed by atoms with E-state index in [1.54, 1.807) is 0 Å². The van der Waals surface area contributed by atoms with Gasteiger partial charge in [0.1, 0.15) is 18.8 Å². The minimum atomic E-state index is -2.58. The first-order chi connectivity index (χ1) is 14.9. The van der Waals surface area contributed by atoms with Crippen molar-refractivity contribution in [2.45, 2.75) is 59.0 Å². The van der Waals surface area contributed by atoms with Crippen LogP contribution < -0.4 is 5.32 Å². The van der Waals surface area contributed by atoms with Gasteiger partial charge >= 0.3 is 23.9 Å². The van der Waals surface area contributed by atoms with Gasteiger partial charge in [0.25, 0.3) is 13.5 Å². The van der Waals surface area contributed by atoms with Gasteiger partial charge in [-0.25, -0.2) is 4.79 Å². The predicted octanol–water partition coefficient (Wildman–Crippen LogP) is 1.91. The first-order valence-electron chi connectivity index (χ1n) is 8.72. The monoisotopic (exact) mass is 593 g/mol. The van der Waals surface area contributed by atoms with E-state index in [0.29, 0.717) is 0 Å². The SMILES string of the molecule is CC(=O)OC[C@H]1O[C@@H](OC(=O)C(Cl)(Cl)Cl)[C@H](NC(=O)C(Cl)(Cl)Cl)[C@@H](OC(C)=O)[C@@H]1OC(C)=O. The van der Waals surface area contributed by atoms with Crippen molar-refractivity contribution in [3.8, 4) is 0 Å². The van der Waals surface area contributed by atoms with Gasteiger partial charge in [0.15, 0.2) is 12.2 Å². The number of halogens is 6. The number of hydrogen-bond donors (Lipinski definition) is 1. The Bertz CT molecular complexity index is 783. The molecule has 5 atom stereocenters. The maximum Gasteiger partial charge on any atom is 0.360 e. The minimum Gasteiger partial charge on any atom is -0.463 e. The van der Waals surface area contributed by atoms with Gasteiger partial charge in [0.05, 0.1) is 0 Å². The topological polar surface area (TPSA) is 144 Å². The summed E-state index contributed by atoms with van der Waals surface area (Å²) in [6, 6.07) is -1.65. The van der Waals surface area contributed by atoms with Crippen LogP contribution in [-0.2, 0) is 47.7 Å². The maximum absolute atomic E-state index is 12.3. The second-order valence-corrected chi connectivity index (χ2v) is 11.0. The molecule has 0 aromatic rings. The zero-order valence-electron chi connectivity index (χ0n) is 16.9. The molecule has 1 heterocycles. The zero-order chi connectivity index (χ0) is 25.7. The van der Waals surface area contributed by atoms with E-state index in [4.69, 9.17) is 93.3 Å². The molecule has 0 saturated carbocycles. The van der Waals surface area contributed by atoms with Crippen LogP contribution in [-0.4, -0.2) is 74.6 Å². The van der Waals surface area contributed by atoms with Crippen molar-refractivity contribution in [2.24, 2.45) is 0 Å². The van der Waals surface area contributed by atoms with Crippen LogP contribution in [0.15, 0.2) is 0 Å². The molecule has 17 heteroatoms. The summed E-state index contributed by atoms with van der Waals surface area (Å²) in [5, 5.41) is 2.17. The molecule has 188 valence electrons. The third kappa shape index (κ3) is 9.67. The largest absolute Gasteiger partial charge is 0.463 e. The molecule has 11 nitrogen and oxygen atoms in total. The summed E-state index contributed by atoms with van der Waals surface area (Å²) in [7, 11) is 0. The van der Waals surface area contributed by atoms with Crippen LogP contribution in [0.5, 0.6) is 0 Å². The summed E-state index contributed by atoms with van der Waals surface area (Å²) in [4.78, 5) is 59.2. The summed E-state index contributed by atoms with van der Waals surface area (Å²) >= 11 is 33.3. The standard InChI is InChI=1S/C16H17Cl6NO10/c1-5(24)29-4-8-10(30-6(2)25)11(31-7(3)26)9(23-13(27)15(17,18)19)12(32-8)33-14(28)16(20,21)22/h8-12H,4H2,1-3H3,(H,23,27)/t8-,9-,10-,11-,12+/m1/s1. The predicted molar refractivity (Wildman–Crippen MR) is 115 cm³/mol. The number of amides is 1. The molecule has 1 aliphatic rings. The van der Waals surface area contributed by atoms with Crippen LogP contribution in [0.4, 0.5) is 0 Å². The lowest BCUT2D eigenvalue weighted by molar-refractivity contribution is -0.271. The quantitative estimate of drug-likeness (QED) is 0.275. The van der Waals surface area contributed by atoms with E-state index in [1.165, 1.54) is 0 Å². The highest BCUT2D eigenvalue weighted by Gasteiger charge is 2.54. The summed E-state index contributed by atoms with van der Waals surface area (Å²) in [5.74, 6) is -5.23. The van der Waals surface area contributed by atoms with Gasteiger partial charge in [0, 0.05) is 20.8 Å². The third-order valence-electron chi connectivity index (χ3n) is 3.71. The number of carbonyl (C=O) groups is 5. The van der Waals surface area contributed by atoms with Crippen LogP contribution in [0.1, 0.15) is 20.8 Å². The van der Waals surface area contributed by atoms with Crippen molar-refractivity contribution in [3.63, 3.8) is 0 Å². The summed E-state index contributed by atoms with van der Waals surface area (Å²) in [6.07, 6.45) is -6.34. The molecule has 1 N–H and O–H groups in total. The Morgan fingerprint density at radius 3 is 1.73 bits per heavy atom. The molecule has 1 fully saturated rings. The highest BCUT2D eigenvalue weighted by atomic mass is 35.6. The maximum atomic E-state index is 12.3. The average molecular weight is 596 g/mol. The Labute approximate surface area is 217 Å². The van der Waals surface area contributed by atoms with Gasteiger partial charge in [-0.05, 0) is 0 Å². The number of esters is 4. The Morgan fingerprint density at radius 1 is 0.788 bits per heavy atom. The van der Waals surface area contributed by atoms with Gasteiger partial charge in [-0.15, -0.1) is 0 Å². The third-order valence-corrected chi connectivity index (χ3v) is 4.69. The number of carbonyl (C=O) groups excluding carboxylic acids is 5. The molecule has 1 amide bonds. The highest BCUT2D eigenvalue weighted by Crippen LogP contribution is 2.33. The second kappa shape index (κ2) is 12.1. The van der Waals surface area contributed by atoms with Crippen LogP contribution in [0.25, 0.3) is 0 Å². The molecule has 1 saturated heterocycles. The number of rotatable bonds is 6. The van der Waals surface area contributed by atoms with Crippen molar-refractivity contribution in [1.82, 2.24) is 5.32 Å². The van der Waals surface area contributed by atoms with Crippen molar-refractivity contribution in [1.29, 1.82) is 0 Å². The van der Waals surface area contributed by atoms with E-state index in [-0.39, 0.29) is 0 Å². The molecular weight excluding hydrogens is 579 g/mol. The number of nitrogens with one attached hydrogen (secondary N) is 1. The summed E-state index contributed by atoms with van der Waals surface area (Å²) < 4.78 is 20.7. The van der Waals surface area contributed by atoms with Crippen molar-refractivity contribution in [3.05, 3.63) is 0 Å². The normalized spacial score (nSPS) is 25.4. The van der Waals surface area contributed by atoms with Gasteiger partial charge < -0.3 is 29.0 Å². The van der Waals surface area contributed by atoms with Crippen LogP contribution in [0.3, 0.4) is 0 Å². The smallest absolute Gasteiger partial charge is 0.360 e. The molecule has 1 rings (SSSR count). The Kier molecular flexibility index (Phi) is 11.1. The molecule has 0 aromatic carbocycles. The van der Waals surface area contributed by atoms with Crippen molar-refractivity contribution >= 4 is 99.4 Å². The second-order valence-electron chi connectivity index (χ2n) is 6.39. The molecular formula is C16H17Cl6NO10. The van der Waals surface area contributed by atoms with Crippen molar-refractivity contribution < 1.29 is 47.7 Å². The fourth-order valence-corrected chi connectivity index (χ4v) is 2.86. The Hall–Kier alpha value is -0.950. The number of hydrogen-bond acceptors (Lipinski definition) is 10. The Morgan fingerprint density at radius 2 is 1.30 bits per heavy atom. The van der Waals surface area contributed by atoms with E-state index in [9.17, 15) is 24.0 Å². The molecule has 0 aliphatic carbocycles. The van der Waals surface area contributed by atoms with E-state index in [1.807, 2.05) is 0 Å². The minimum absolute atomic E-state index is 0.558. The van der Waals surface area contributed by atoms with Crippen LogP contribution in [0, 0.1) is 0 Å². The molecule has 0 spiro atoms. The lowest BCUT2D eigenvalue weighted by Crippen LogP contribution is -2.68. The molecule has 0 aromatic heterocycles. The van der Waals surface area contributed by atoms with Gasteiger partial charge in [-0.2, -0.15) is 0 Å². The highest BCUT2D eigenvalue weighted by molar-refractivity contribution is 6.76. The molecule has 0 unspecified atom stereocenters. The number of alkyl halides is 6. The van der Waals surface area contributed by atoms with Gasteiger partial charge in [0.2, 0.25) is 6.29 Å². The lowest BCUT2D eigenvalue weighted by atomic mass is 9.96. The fourth-order valence-electron chi connectivity index (χ4n) is 2.56. The molecule has 1 aliphatic heterocycles. The fraction of sp³-hybridized carbons (Fsp3) is 0.688. The van der Waals surface area contributed by atoms with E-state index >= 15 is 0 Å². The first kappa shape index (κ1) is 30.1. The van der Waals surface area contributed by atoms with Crippen LogP contribution >= 0.6 is 69.6 Å². The molecule has 0 bridgehead atoms. The van der Waals surface area contributed by atoms with E-state index < -0.39 is 74.6 Å². The van der Waals surface area contributed by atoms with Crippen molar-refractivity contribution in [2.75, 3.05) is 6.61 Å². The summed E-state index contributed by atoms with van der Waals surface area (Å²) in [6.45, 7) is 2.55. The van der Waals surface area contributed by atoms with E-state index in [0.717, 1.165) is 20.8 Å². The van der Waals surface area contributed by atoms with E-state index in [2.05, 4.69) is 5.32 Å². The van der Waals surface area contributed by atoms with Gasteiger partial charge in [-0.3, -0.25) is 19.2 Å². The number of ether oxygens (including phenoxy) is 5. The lowest BCUT2D eigenvalue weighted by Gasteiger charge is -2.44. The van der Waals surface area contributed by atoms with Crippen LogP contribution in [0.2, 0.25) is 0 Å². The molecule has 0 radical (unpaired) electrons. The van der Waals surface area contributed by atoms with Gasteiger partial charge in [-0.1, -0.05) is 69.6 Å². The average Bonchev–Trinajstić information content (AvgIpc) is 2.62. The summed E-state index contributed by atoms with van der Waals surface area (Å²) in [5.41, 5.74) is 0. The Balaban J connectivity index is 3.50. The molecule has 33 heavy (non-hydrogen) atoms.